The molecule has 0 spiro atoms. The van der Waals surface area contributed by atoms with Gasteiger partial charge in [0.15, 0.2) is 0 Å². The third-order valence-electron chi connectivity index (χ3n) is 5.59. The second-order valence-electron chi connectivity index (χ2n) is 7.59. The molecule has 9 heteroatoms. The van der Waals surface area contributed by atoms with E-state index in [9.17, 15) is 18.5 Å². The van der Waals surface area contributed by atoms with Crippen LogP contribution in [-0.2, 0) is 10.0 Å². The molecular weight excluding hydrogens is 392 g/mol. The van der Waals surface area contributed by atoms with Gasteiger partial charge in [0.05, 0.1) is 9.82 Å². The van der Waals surface area contributed by atoms with Gasteiger partial charge in [-0.2, -0.15) is 0 Å². The number of sulfonamides is 1. The van der Waals surface area contributed by atoms with E-state index >= 15 is 0 Å². The Morgan fingerprint density at radius 2 is 1.76 bits per heavy atom. The van der Waals surface area contributed by atoms with Crippen molar-refractivity contribution >= 4 is 27.1 Å². The first-order valence-corrected chi connectivity index (χ1v) is 11.0. The lowest BCUT2D eigenvalue weighted by atomic mass is 9.96. The average Bonchev–Trinajstić information content (AvgIpc) is 3.17. The summed E-state index contributed by atoms with van der Waals surface area (Å²) in [5.74, 6) is 0. The fraction of sp³-hybridized carbons (Fsp3) is 0.400. The van der Waals surface area contributed by atoms with Gasteiger partial charge in [0.25, 0.3) is 15.7 Å². The normalized spacial score (nSPS) is 16.0. The van der Waals surface area contributed by atoms with E-state index in [2.05, 4.69) is 14.9 Å². The SMILES string of the molecule is CN(C)C1(CNc2ccc(S(=O)(=O)Nc3ccccc3)cc2[N+](=O)[O-])CCCC1. The van der Waals surface area contributed by atoms with Gasteiger partial charge in [-0.05, 0) is 51.2 Å². The molecule has 8 nitrogen and oxygen atoms in total. The van der Waals surface area contributed by atoms with E-state index in [0.717, 1.165) is 31.7 Å². The Kier molecular flexibility index (Phi) is 6.09. The van der Waals surface area contributed by atoms with Crippen molar-refractivity contribution in [3.05, 3.63) is 58.6 Å². The van der Waals surface area contributed by atoms with Crippen LogP contribution in [0.1, 0.15) is 25.7 Å². The maximum atomic E-state index is 12.6. The fourth-order valence-corrected chi connectivity index (χ4v) is 4.85. The Labute approximate surface area is 171 Å². The number of nitro benzene ring substituents is 1. The largest absolute Gasteiger partial charge is 0.378 e. The monoisotopic (exact) mass is 418 g/mol. The van der Waals surface area contributed by atoms with Crippen LogP contribution in [0.25, 0.3) is 0 Å². The summed E-state index contributed by atoms with van der Waals surface area (Å²) in [7, 11) is 0.108. The average molecular weight is 419 g/mol. The Morgan fingerprint density at radius 3 is 2.34 bits per heavy atom. The Morgan fingerprint density at radius 1 is 1.10 bits per heavy atom. The van der Waals surface area contributed by atoms with Crippen LogP contribution in [0.2, 0.25) is 0 Å². The van der Waals surface area contributed by atoms with Gasteiger partial charge >= 0.3 is 0 Å². The minimum absolute atomic E-state index is 0.0481. The standard InChI is InChI=1S/C20H26N4O4S/c1-23(2)20(12-6-7-13-20)15-21-18-11-10-17(14-19(18)24(25)26)29(27,28)22-16-8-4-3-5-9-16/h3-5,8-11,14,21-22H,6-7,12-13,15H2,1-2H3. The van der Waals surface area contributed by atoms with E-state index in [1.165, 1.54) is 12.1 Å². The van der Waals surface area contributed by atoms with Crippen molar-refractivity contribution in [1.29, 1.82) is 0 Å². The van der Waals surface area contributed by atoms with Crippen LogP contribution < -0.4 is 10.0 Å². The topological polar surface area (TPSA) is 105 Å². The van der Waals surface area contributed by atoms with Gasteiger partial charge in [-0.1, -0.05) is 31.0 Å². The third kappa shape index (κ3) is 4.68. The highest BCUT2D eigenvalue weighted by atomic mass is 32.2. The van der Waals surface area contributed by atoms with E-state index < -0.39 is 14.9 Å². The molecule has 0 aromatic heterocycles. The summed E-state index contributed by atoms with van der Waals surface area (Å²) in [4.78, 5) is 13.1. The molecule has 156 valence electrons. The summed E-state index contributed by atoms with van der Waals surface area (Å²) in [5.41, 5.74) is 0.411. The molecule has 1 saturated carbocycles. The number of benzene rings is 2. The van der Waals surface area contributed by atoms with E-state index in [-0.39, 0.29) is 16.1 Å². The van der Waals surface area contributed by atoms with Gasteiger partial charge in [-0.15, -0.1) is 0 Å². The summed E-state index contributed by atoms with van der Waals surface area (Å²) in [6.45, 7) is 0.565. The molecule has 0 unspecified atom stereocenters. The molecule has 29 heavy (non-hydrogen) atoms. The van der Waals surface area contributed by atoms with Gasteiger partial charge < -0.3 is 10.2 Å². The molecule has 0 bridgehead atoms. The molecule has 2 N–H and O–H groups in total. The number of anilines is 2. The molecule has 0 heterocycles. The predicted molar refractivity (Wildman–Crippen MR) is 114 cm³/mol. The van der Waals surface area contributed by atoms with Gasteiger partial charge in [-0.3, -0.25) is 14.8 Å². The third-order valence-corrected chi connectivity index (χ3v) is 6.97. The summed E-state index contributed by atoms with van der Waals surface area (Å²) in [6, 6.07) is 12.4. The molecule has 2 aromatic carbocycles. The van der Waals surface area contributed by atoms with E-state index in [1.807, 2.05) is 14.1 Å². The van der Waals surface area contributed by atoms with Crippen molar-refractivity contribution in [2.75, 3.05) is 30.7 Å². The van der Waals surface area contributed by atoms with Crippen LogP contribution in [0.3, 0.4) is 0 Å². The molecule has 1 fully saturated rings. The maximum Gasteiger partial charge on any atom is 0.293 e. The number of nitro groups is 1. The highest BCUT2D eigenvalue weighted by Crippen LogP contribution is 2.35. The van der Waals surface area contributed by atoms with Gasteiger partial charge in [-0.25, -0.2) is 8.42 Å². The van der Waals surface area contributed by atoms with E-state index in [4.69, 9.17) is 0 Å². The Balaban J connectivity index is 1.84. The second kappa shape index (κ2) is 8.38. The zero-order valence-electron chi connectivity index (χ0n) is 16.6. The highest BCUT2D eigenvalue weighted by molar-refractivity contribution is 7.92. The number of para-hydroxylation sites is 1. The molecule has 0 amide bonds. The molecule has 0 aliphatic heterocycles. The van der Waals surface area contributed by atoms with Crippen LogP contribution in [0.5, 0.6) is 0 Å². The van der Waals surface area contributed by atoms with Crippen LogP contribution >= 0.6 is 0 Å². The molecular formula is C20H26N4O4S. The molecule has 0 saturated heterocycles. The Bertz CT molecular complexity index is 971. The van der Waals surface area contributed by atoms with Gasteiger partial charge in [0.1, 0.15) is 5.69 Å². The maximum absolute atomic E-state index is 12.6. The van der Waals surface area contributed by atoms with Crippen molar-refractivity contribution in [1.82, 2.24) is 4.90 Å². The summed E-state index contributed by atoms with van der Waals surface area (Å²) in [5, 5.41) is 14.8. The van der Waals surface area contributed by atoms with Crippen molar-refractivity contribution in [2.24, 2.45) is 0 Å². The first-order chi connectivity index (χ1) is 13.7. The number of hydrogen-bond acceptors (Lipinski definition) is 6. The van der Waals surface area contributed by atoms with Gasteiger partial charge in [0.2, 0.25) is 0 Å². The lowest BCUT2D eigenvalue weighted by Gasteiger charge is -2.36. The predicted octanol–water partition coefficient (Wildman–Crippen LogP) is 3.68. The van der Waals surface area contributed by atoms with Crippen molar-refractivity contribution in [3.63, 3.8) is 0 Å². The summed E-state index contributed by atoms with van der Waals surface area (Å²) in [6.07, 6.45) is 4.30. The number of nitrogens with one attached hydrogen (secondary N) is 2. The highest BCUT2D eigenvalue weighted by Gasteiger charge is 2.36. The summed E-state index contributed by atoms with van der Waals surface area (Å²) < 4.78 is 27.7. The van der Waals surface area contributed by atoms with Crippen LogP contribution in [0.15, 0.2) is 53.4 Å². The van der Waals surface area contributed by atoms with Crippen LogP contribution in [0, 0.1) is 10.1 Å². The van der Waals surface area contributed by atoms with Crippen molar-refractivity contribution < 1.29 is 13.3 Å². The molecule has 0 atom stereocenters. The van der Waals surface area contributed by atoms with Crippen LogP contribution in [-0.4, -0.2) is 44.4 Å². The minimum atomic E-state index is -3.93. The van der Waals surface area contributed by atoms with Crippen molar-refractivity contribution in [2.45, 2.75) is 36.1 Å². The molecule has 2 aromatic rings. The minimum Gasteiger partial charge on any atom is -0.378 e. The second-order valence-corrected chi connectivity index (χ2v) is 9.27. The number of nitrogens with zero attached hydrogens (tertiary/aromatic N) is 2. The quantitative estimate of drug-likeness (QED) is 0.500. The number of likely N-dealkylation sites (N-methyl/N-ethyl adjacent to an activating group) is 1. The number of hydrogen-bond donors (Lipinski definition) is 2. The lowest BCUT2D eigenvalue weighted by molar-refractivity contribution is -0.384. The smallest absolute Gasteiger partial charge is 0.293 e. The summed E-state index contributed by atoms with van der Waals surface area (Å²) >= 11 is 0. The van der Waals surface area contributed by atoms with Crippen LogP contribution in [0.4, 0.5) is 17.1 Å². The van der Waals surface area contributed by atoms with Crippen molar-refractivity contribution in [3.8, 4) is 0 Å². The van der Waals surface area contributed by atoms with E-state index in [0.29, 0.717) is 17.9 Å². The molecule has 3 rings (SSSR count). The van der Waals surface area contributed by atoms with Gasteiger partial charge in [0, 0.05) is 23.8 Å². The number of rotatable bonds is 8. The lowest BCUT2D eigenvalue weighted by Crippen LogP contribution is -2.47. The molecule has 0 radical (unpaired) electrons. The molecule has 1 aliphatic rings. The first kappa shape index (κ1) is 21.1. The fourth-order valence-electron chi connectivity index (χ4n) is 3.77. The van der Waals surface area contributed by atoms with E-state index in [1.54, 1.807) is 30.3 Å². The Hall–Kier alpha value is -2.65. The first-order valence-electron chi connectivity index (χ1n) is 9.51. The zero-order valence-corrected chi connectivity index (χ0v) is 17.4. The molecule has 1 aliphatic carbocycles. The zero-order chi connectivity index (χ0) is 21.1.